The first-order chi connectivity index (χ1) is 10.1. The van der Waals surface area contributed by atoms with Crippen LogP contribution in [0.1, 0.15) is 55.1 Å². The first kappa shape index (κ1) is 17.9. The molecule has 7 heteroatoms. The van der Waals surface area contributed by atoms with Gasteiger partial charge < -0.3 is 20.3 Å². The van der Waals surface area contributed by atoms with Gasteiger partial charge in [0, 0.05) is 13.0 Å². The predicted molar refractivity (Wildman–Crippen MR) is 81.5 cm³/mol. The molecule has 0 saturated heterocycles. The van der Waals surface area contributed by atoms with Crippen LogP contribution < -0.4 is 10.1 Å². The number of hydrogen-bond donors (Lipinski definition) is 3. The third kappa shape index (κ3) is 7.99. The van der Waals surface area contributed by atoms with Crippen molar-refractivity contribution in [2.45, 2.75) is 51.7 Å². The van der Waals surface area contributed by atoms with E-state index in [-0.39, 0.29) is 18.9 Å². The zero-order chi connectivity index (χ0) is 15.5. The lowest BCUT2D eigenvalue weighted by molar-refractivity contribution is -0.0519. The van der Waals surface area contributed by atoms with Gasteiger partial charge in [-0.1, -0.05) is 43.9 Å². The summed E-state index contributed by atoms with van der Waals surface area (Å²) in [6.45, 7) is 3.00. The number of aromatic nitrogens is 1. The highest BCUT2D eigenvalue weighted by atomic mass is 32.1. The van der Waals surface area contributed by atoms with Crippen molar-refractivity contribution in [3.05, 3.63) is 11.1 Å². The minimum atomic E-state index is -1.39. The first-order valence-corrected chi connectivity index (χ1v) is 8.18. The molecule has 0 aliphatic carbocycles. The highest BCUT2D eigenvalue weighted by Crippen LogP contribution is 2.20. The Bertz CT molecular complexity index is 409. The molecule has 0 unspecified atom stereocenters. The number of aliphatic hydroxyl groups excluding tert-OH is 1. The van der Waals surface area contributed by atoms with Crippen LogP contribution in [0, 0.1) is 0 Å². The van der Waals surface area contributed by atoms with E-state index in [0.717, 1.165) is 24.2 Å². The van der Waals surface area contributed by atoms with Crippen LogP contribution in [0.25, 0.3) is 0 Å². The Balaban J connectivity index is 2.20. The zero-order valence-corrected chi connectivity index (χ0v) is 13.2. The van der Waals surface area contributed by atoms with Gasteiger partial charge in [-0.2, -0.15) is 0 Å². The van der Waals surface area contributed by atoms with E-state index in [1.807, 2.05) is 0 Å². The van der Waals surface area contributed by atoms with E-state index in [4.69, 9.17) is 14.9 Å². The summed E-state index contributed by atoms with van der Waals surface area (Å²) >= 11 is 1.16. The molecule has 1 rings (SSSR count). The van der Waals surface area contributed by atoms with E-state index in [0.29, 0.717) is 16.6 Å². The fraction of sp³-hybridized carbons (Fsp3) is 0.714. The number of aliphatic hydroxyl groups is 2. The van der Waals surface area contributed by atoms with Crippen LogP contribution in [-0.2, 0) is 0 Å². The smallest absolute Gasteiger partial charge is 0.273 e. The number of ether oxygens (including phenoxy) is 1. The summed E-state index contributed by atoms with van der Waals surface area (Å²) in [4.78, 5) is 16.3. The Morgan fingerprint density at radius 3 is 2.86 bits per heavy atom. The van der Waals surface area contributed by atoms with Crippen LogP contribution in [0.4, 0.5) is 0 Å². The molecule has 1 aromatic rings. The van der Waals surface area contributed by atoms with Crippen LogP contribution in [0.3, 0.4) is 0 Å². The zero-order valence-electron chi connectivity index (χ0n) is 12.4. The van der Waals surface area contributed by atoms with E-state index < -0.39 is 6.29 Å². The van der Waals surface area contributed by atoms with Crippen LogP contribution in [-0.4, -0.2) is 40.5 Å². The van der Waals surface area contributed by atoms with Gasteiger partial charge in [-0.3, -0.25) is 4.79 Å². The molecule has 6 nitrogen and oxygen atoms in total. The minimum Gasteiger partial charge on any atom is -0.470 e. The standard InChI is InChI=1S/C14H24N2O4S/c1-2-3-4-5-6-8-15-13(19)11-10-16-14(21-11)20-9-7-12(17)18/h10,12,17-18H,2-9H2,1H3,(H,15,19). The summed E-state index contributed by atoms with van der Waals surface area (Å²) in [5, 5.41) is 20.6. The maximum Gasteiger partial charge on any atom is 0.273 e. The highest BCUT2D eigenvalue weighted by molar-refractivity contribution is 7.15. The molecule has 0 aliphatic heterocycles. The molecule has 1 amide bonds. The summed E-state index contributed by atoms with van der Waals surface area (Å²) < 4.78 is 5.22. The van der Waals surface area contributed by atoms with Crippen molar-refractivity contribution in [1.29, 1.82) is 0 Å². The second-order valence-corrected chi connectivity index (χ2v) is 5.77. The molecule has 0 radical (unpaired) electrons. The lowest BCUT2D eigenvalue weighted by atomic mass is 10.1. The Kier molecular flexibility index (Phi) is 8.96. The van der Waals surface area contributed by atoms with Gasteiger partial charge in [0.25, 0.3) is 11.1 Å². The fourth-order valence-corrected chi connectivity index (χ4v) is 2.41. The number of nitrogens with one attached hydrogen (secondary N) is 1. The van der Waals surface area contributed by atoms with Crippen molar-refractivity contribution in [1.82, 2.24) is 10.3 Å². The average Bonchev–Trinajstić information content (AvgIpc) is 2.91. The van der Waals surface area contributed by atoms with E-state index in [1.165, 1.54) is 25.5 Å². The molecule has 0 atom stereocenters. The Morgan fingerprint density at radius 2 is 2.14 bits per heavy atom. The van der Waals surface area contributed by atoms with Crippen LogP contribution >= 0.6 is 11.3 Å². The third-order valence-corrected chi connectivity index (χ3v) is 3.78. The summed E-state index contributed by atoms with van der Waals surface area (Å²) in [5.41, 5.74) is 0. The van der Waals surface area contributed by atoms with Gasteiger partial charge in [-0.15, -0.1) is 0 Å². The number of unbranched alkanes of at least 4 members (excludes halogenated alkanes) is 4. The van der Waals surface area contributed by atoms with Gasteiger partial charge >= 0.3 is 0 Å². The van der Waals surface area contributed by atoms with E-state index >= 15 is 0 Å². The Hall–Kier alpha value is -1.18. The Morgan fingerprint density at radius 1 is 1.38 bits per heavy atom. The largest absolute Gasteiger partial charge is 0.470 e. The minimum absolute atomic E-state index is 0.110. The molecule has 0 bridgehead atoms. The predicted octanol–water partition coefficient (Wildman–Crippen LogP) is 1.92. The molecule has 1 aromatic heterocycles. The second kappa shape index (κ2) is 10.5. The Labute approximate surface area is 129 Å². The van der Waals surface area contributed by atoms with Gasteiger partial charge in [-0.05, 0) is 6.42 Å². The van der Waals surface area contributed by atoms with E-state index in [9.17, 15) is 4.79 Å². The van der Waals surface area contributed by atoms with Crippen LogP contribution in [0.2, 0.25) is 0 Å². The molecule has 0 spiro atoms. The first-order valence-electron chi connectivity index (χ1n) is 7.36. The normalized spacial score (nSPS) is 10.9. The van der Waals surface area contributed by atoms with Gasteiger partial charge in [0.2, 0.25) is 0 Å². The maximum absolute atomic E-state index is 11.9. The van der Waals surface area contributed by atoms with Gasteiger partial charge in [0.1, 0.15) is 4.88 Å². The van der Waals surface area contributed by atoms with Crippen molar-refractivity contribution in [3.8, 4) is 5.19 Å². The number of rotatable bonds is 11. The topological polar surface area (TPSA) is 91.7 Å². The van der Waals surface area contributed by atoms with Gasteiger partial charge in [0.05, 0.1) is 12.8 Å². The molecule has 0 aliphatic rings. The molecule has 3 N–H and O–H groups in total. The average molecular weight is 316 g/mol. The number of thiazole rings is 1. The molecule has 21 heavy (non-hydrogen) atoms. The summed E-state index contributed by atoms with van der Waals surface area (Å²) in [7, 11) is 0. The van der Waals surface area contributed by atoms with E-state index in [1.54, 1.807) is 0 Å². The molecule has 0 saturated carbocycles. The van der Waals surface area contributed by atoms with Crippen molar-refractivity contribution in [2.75, 3.05) is 13.2 Å². The molecular weight excluding hydrogens is 292 g/mol. The second-order valence-electron chi connectivity index (χ2n) is 4.78. The van der Waals surface area contributed by atoms with E-state index in [2.05, 4.69) is 17.2 Å². The number of hydrogen-bond acceptors (Lipinski definition) is 6. The summed E-state index contributed by atoms with van der Waals surface area (Å²) in [6, 6.07) is 0. The highest BCUT2D eigenvalue weighted by Gasteiger charge is 2.11. The van der Waals surface area contributed by atoms with Crippen molar-refractivity contribution in [2.24, 2.45) is 0 Å². The molecule has 1 heterocycles. The monoisotopic (exact) mass is 316 g/mol. The number of carbonyl (C=O) groups is 1. The van der Waals surface area contributed by atoms with Crippen molar-refractivity contribution in [3.63, 3.8) is 0 Å². The lowest BCUT2D eigenvalue weighted by Crippen LogP contribution is -2.23. The van der Waals surface area contributed by atoms with Crippen molar-refractivity contribution < 1.29 is 19.7 Å². The fourth-order valence-electron chi connectivity index (χ4n) is 1.70. The molecule has 0 aromatic carbocycles. The molecule has 0 fully saturated rings. The molecular formula is C14H24N2O4S. The third-order valence-electron chi connectivity index (χ3n) is 2.88. The van der Waals surface area contributed by atoms with Crippen LogP contribution in [0.5, 0.6) is 5.19 Å². The number of carbonyl (C=O) groups excluding carboxylic acids is 1. The van der Waals surface area contributed by atoms with Gasteiger partial charge in [0.15, 0.2) is 6.29 Å². The van der Waals surface area contributed by atoms with Crippen molar-refractivity contribution >= 4 is 17.2 Å². The van der Waals surface area contributed by atoms with Gasteiger partial charge in [-0.25, -0.2) is 4.98 Å². The number of amides is 1. The number of nitrogens with zero attached hydrogens (tertiary/aromatic N) is 1. The maximum atomic E-state index is 11.9. The summed E-state index contributed by atoms with van der Waals surface area (Å²) in [6.07, 6.45) is 5.98. The molecule has 120 valence electrons. The SMILES string of the molecule is CCCCCCCNC(=O)c1cnc(OCCC(O)O)s1. The quantitative estimate of drug-likeness (QED) is 0.428. The lowest BCUT2D eigenvalue weighted by Gasteiger charge is -2.03. The van der Waals surface area contributed by atoms with Crippen LogP contribution in [0.15, 0.2) is 6.20 Å². The summed E-state index contributed by atoms with van der Waals surface area (Å²) in [5.74, 6) is -0.139.